The summed E-state index contributed by atoms with van der Waals surface area (Å²) >= 11 is 0. The molecule has 0 radical (unpaired) electrons. The molecule has 2 N–H and O–H groups in total. The van der Waals surface area contributed by atoms with Gasteiger partial charge in [-0.25, -0.2) is 0 Å². The first-order chi connectivity index (χ1) is 11.2. The van der Waals surface area contributed by atoms with E-state index in [4.69, 9.17) is 5.73 Å². The highest BCUT2D eigenvalue weighted by Gasteiger charge is 2.06. The van der Waals surface area contributed by atoms with Crippen molar-refractivity contribution in [1.82, 2.24) is 0 Å². The molecular formula is C21H19NO. The number of hydrogen-bond donors (Lipinski definition) is 1. The molecule has 0 fully saturated rings. The van der Waals surface area contributed by atoms with E-state index < -0.39 is 0 Å². The van der Waals surface area contributed by atoms with E-state index in [0.717, 1.165) is 12.0 Å². The molecular weight excluding hydrogens is 282 g/mol. The molecule has 3 rings (SSSR count). The van der Waals surface area contributed by atoms with E-state index >= 15 is 0 Å². The Labute approximate surface area is 136 Å². The number of carbonyl (C=O) groups is 1. The van der Waals surface area contributed by atoms with Gasteiger partial charge in [-0.05, 0) is 47.4 Å². The van der Waals surface area contributed by atoms with E-state index in [1.165, 1.54) is 16.7 Å². The van der Waals surface area contributed by atoms with Gasteiger partial charge in [0.05, 0.1) is 0 Å². The lowest BCUT2D eigenvalue weighted by molar-refractivity contribution is 0.0983. The third kappa shape index (κ3) is 3.86. The second-order valence-corrected chi connectivity index (χ2v) is 5.61. The standard InChI is InChI=1S/C21H19NO/c22-20-13-11-19(12-14-20)21(23)15-8-16-6-9-18(10-7-16)17-4-2-1-3-5-17/h1-7,9-14H,8,15,22H2. The maximum Gasteiger partial charge on any atom is 0.163 e. The number of ketones is 1. The van der Waals surface area contributed by atoms with Gasteiger partial charge in [0, 0.05) is 17.7 Å². The van der Waals surface area contributed by atoms with Crippen LogP contribution in [0.15, 0.2) is 78.9 Å². The van der Waals surface area contributed by atoms with Crippen LogP contribution in [0.4, 0.5) is 5.69 Å². The van der Waals surface area contributed by atoms with Crippen LogP contribution >= 0.6 is 0 Å². The van der Waals surface area contributed by atoms with Gasteiger partial charge < -0.3 is 5.73 Å². The van der Waals surface area contributed by atoms with E-state index in [2.05, 4.69) is 36.4 Å². The maximum absolute atomic E-state index is 12.2. The second kappa shape index (κ2) is 6.93. The van der Waals surface area contributed by atoms with E-state index in [0.29, 0.717) is 12.1 Å². The molecule has 2 nitrogen and oxygen atoms in total. The lowest BCUT2D eigenvalue weighted by atomic mass is 10.00. The van der Waals surface area contributed by atoms with Crippen LogP contribution in [-0.2, 0) is 6.42 Å². The lowest BCUT2D eigenvalue weighted by Crippen LogP contribution is -2.01. The molecule has 3 aromatic rings. The van der Waals surface area contributed by atoms with Crippen LogP contribution in [-0.4, -0.2) is 5.78 Å². The Hall–Kier alpha value is -2.87. The quantitative estimate of drug-likeness (QED) is 0.546. The molecule has 0 bridgehead atoms. The summed E-state index contributed by atoms with van der Waals surface area (Å²) in [7, 11) is 0. The van der Waals surface area contributed by atoms with Crippen molar-refractivity contribution in [2.75, 3.05) is 5.73 Å². The molecule has 0 amide bonds. The molecule has 0 aliphatic heterocycles. The molecule has 0 atom stereocenters. The number of rotatable bonds is 5. The fourth-order valence-corrected chi connectivity index (χ4v) is 2.57. The minimum atomic E-state index is 0.150. The van der Waals surface area contributed by atoms with E-state index in [9.17, 15) is 4.79 Å². The second-order valence-electron chi connectivity index (χ2n) is 5.61. The highest BCUT2D eigenvalue weighted by atomic mass is 16.1. The Kier molecular flexibility index (Phi) is 4.53. The number of nitrogen functional groups attached to an aromatic ring is 1. The zero-order valence-electron chi connectivity index (χ0n) is 12.9. The van der Waals surface area contributed by atoms with Crippen LogP contribution in [0.1, 0.15) is 22.3 Å². The molecule has 3 aromatic carbocycles. The first-order valence-electron chi connectivity index (χ1n) is 7.75. The highest BCUT2D eigenvalue weighted by Crippen LogP contribution is 2.20. The molecule has 0 spiro atoms. The average Bonchev–Trinajstić information content (AvgIpc) is 2.61. The third-order valence-corrected chi connectivity index (χ3v) is 3.93. The molecule has 0 saturated carbocycles. The number of Topliss-reactive ketones (excluding diaryl/α,β-unsaturated/α-hetero) is 1. The molecule has 0 saturated heterocycles. The molecule has 0 aliphatic rings. The third-order valence-electron chi connectivity index (χ3n) is 3.93. The first-order valence-corrected chi connectivity index (χ1v) is 7.75. The summed E-state index contributed by atoms with van der Waals surface area (Å²) in [6, 6.07) is 25.8. The number of carbonyl (C=O) groups excluding carboxylic acids is 1. The topological polar surface area (TPSA) is 43.1 Å². The minimum Gasteiger partial charge on any atom is -0.399 e. The van der Waals surface area contributed by atoms with Crippen molar-refractivity contribution in [3.63, 3.8) is 0 Å². The van der Waals surface area contributed by atoms with Crippen molar-refractivity contribution in [3.05, 3.63) is 90.0 Å². The van der Waals surface area contributed by atoms with Crippen LogP contribution in [0, 0.1) is 0 Å². The summed E-state index contributed by atoms with van der Waals surface area (Å²) in [4.78, 5) is 12.2. The van der Waals surface area contributed by atoms with Crippen molar-refractivity contribution >= 4 is 11.5 Å². The summed E-state index contributed by atoms with van der Waals surface area (Å²) < 4.78 is 0. The van der Waals surface area contributed by atoms with Crippen molar-refractivity contribution in [2.45, 2.75) is 12.8 Å². The minimum absolute atomic E-state index is 0.150. The highest BCUT2D eigenvalue weighted by molar-refractivity contribution is 5.96. The number of benzene rings is 3. The Balaban J connectivity index is 1.62. The van der Waals surface area contributed by atoms with Gasteiger partial charge in [0.2, 0.25) is 0 Å². The fourth-order valence-electron chi connectivity index (χ4n) is 2.57. The fraction of sp³-hybridized carbons (Fsp3) is 0.0952. The zero-order valence-corrected chi connectivity index (χ0v) is 12.9. The van der Waals surface area contributed by atoms with Crippen molar-refractivity contribution in [3.8, 4) is 11.1 Å². The summed E-state index contributed by atoms with van der Waals surface area (Å²) in [5.74, 6) is 0.150. The Morgan fingerprint density at radius 3 is 2.00 bits per heavy atom. The van der Waals surface area contributed by atoms with Gasteiger partial charge in [-0.3, -0.25) is 4.79 Å². The molecule has 23 heavy (non-hydrogen) atoms. The lowest BCUT2D eigenvalue weighted by Gasteiger charge is -2.05. The average molecular weight is 301 g/mol. The Morgan fingerprint density at radius 1 is 0.739 bits per heavy atom. The van der Waals surface area contributed by atoms with Crippen LogP contribution in [0.25, 0.3) is 11.1 Å². The predicted molar refractivity (Wildman–Crippen MR) is 95.4 cm³/mol. The molecule has 0 heterocycles. The van der Waals surface area contributed by atoms with E-state index in [1.54, 1.807) is 24.3 Å². The van der Waals surface area contributed by atoms with Gasteiger partial charge in [0.15, 0.2) is 5.78 Å². The molecule has 114 valence electrons. The maximum atomic E-state index is 12.2. The summed E-state index contributed by atoms with van der Waals surface area (Å²) in [5.41, 5.74) is 10.6. The molecule has 0 aromatic heterocycles. The van der Waals surface area contributed by atoms with Crippen LogP contribution in [0.3, 0.4) is 0 Å². The normalized spacial score (nSPS) is 10.4. The van der Waals surface area contributed by atoms with Gasteiger partial charge in [0.25, 0.3) is 0 Å². The number of hydrogen-bond acceptors (Lipinski definition) is 2. The zero-order chi connectivity index (χ0) is 16.1. The van der Waals surface area contributed by atoms with Gasteiger partial charge in [0.1, 0.15) is 0 Å². The van der Waals surface area contributed by atoms with Gasteiger partial charge in [-0.2, -0.15) is 0 Å². The van der Waals surface area contributed by atoms with Gasteiger partial charge >= 0.3 is 0 Å². The van der Waals surface area contributed by atoms with Gasteiger partial charge in [-0.15, -0.1) is 0 Å². The van der Waals surface area contributed by atoms with Crippen LogP contribution in [0.5, 0.6) is 0 Å². The Bertz CT molecular complexity index is 774. The Morgan fingerprint density at radius 2 is 1.35 bits per heavy atom. The van der Waals surface area contributed by atoms with Crippen molar-refractivity contribution in [1.29, 1.82) is 0 Å². The van der Waals surface area contributed by atoms with Crippen molar-refractivity contribution < 1.29 is 4.79 Å². The molecule has 0 unspecified atom stereocenters. The number of nitrogens with two attached hydrogens (primary N) is 1. The van der Waals surface area contributed by atoms with Crippen molar-refractivity contribution in [2.24, 2.45) is 0 Å². The number of anilines is 1. The predicted octanol–water partition coefficient (Wildman–Crippen LogP) is 4.75. The molecule has 2 heteroatoms. The van der Waals surface area contributed by atoms with E-state index in [-0.39, 0.29) is 5.78 Å². The summed E-state index contributed by atoms with van der Waals surface area (Å²) in [6.45, 7) is 0. The monoisotopic (exact) mass is 301 g/mol. The number of aryl methyl sites for hydroxylation is 1. The smallest absolute Gasteiger partial charge is 0.163 e. The largest absolute Gasteiger partial charge is 0.399 e. The summed E-state index contributed by atoms with van der Waals surface area (Å²) in [6.07, 6.45) is 1.26. The van der Waals surface area contributed by atoms with E-state index in [1.807, 2.05) is 18.2 Å². The van der Waals surface area contributed by atoms with Gasteiger partial charge in [-0.1, -0.05) is 54.6 Å². The summed E-state index contributed by atoms with van der Waals surface area (Å²) in [5, 5.41) is 0. The molecule has 0 aliphatic carbocycles. The van der Waals surface area contributed by atoms with Crippen LogP contribution < -0.4 is 5.73 Å². The van der Waals surface area contributed by atoms with Crippen LogP contribution in [0.2, 0.25) is 0 Å². The first kappa shape index (κ1) is 15.0. The SMILES string of the molecule is Nc1ccc(C(=O)CCc2ccc(-c3ccccc3)cc2)cc1.